The van der Waals surface area contributed by atoms with E-state index in [0.29, 0.717) is 33.6 Å². The Morgan fingerprint density at radius 2 is 1.81 bits per heavy atom. The molecule has 1 unspecified atom stereocenters. The Kier molecular flexibility index (Phi) is 7.93. The Balaban J connectivity index is 1.95. The summed E-state index contributed by atoms with van der Waals surface area (Å²) in [5.74, 6) is -0.262. The minimum Gasteiger partial charge on any atom is -0.325 e. The molecule has 1 aromatic carbocycles. The summed E-state index contributed by atoms with van der Waals surface area (Å²) in [6, 6.07) is 6.78. The van der Waals surface area contributed by atoms with Gasteiger partial charge >= 0.3 is 0 Å². The first-order valence-electron chi connectivity index (χ1n) is 8.64. The van der Waals surface area contributed by atoms with Crippen LogP contribution in [0.1, 0.15) is 50.4 Å². The Hall–Kier alpha value is -2.26. The number of hydrogen-bond donors (Lipinski definition) is 2. The summed E-state index contributed by atoms with van der Waals surface area (Å²) in [5, 5.41) is 13.6. The predicted octanol–water partition coefficient (Wildman–Crippen LogP) is 3.99. The summed E-state index contributed by atoms with van der Waals surface area (Å²) in [6.07, 6.45) is 1.81. The molecule has 2 rings (SSSR count). The van der Waals surface area contributed by atoms with Crippen molar-refractivity contribution in [1.29, 1.82) is 0 Å². The van der Waals surface area contributed by atoms with E-state index in [9.17, 15) is 14.4 Å². The maximum Gasteiger partial charge on any atom is 0.237 e. The van der Waals surface area contributed by atoms with Gasteiger partial charge in [0.25, 0.3) is 0 Å². The number of benzene rings is 1. The Bertz CT molecular complexity index is 805. The number of thioether (sulfide) groups is 1. The van der Waals surface area contributed by atoms with E-state index in [1.54, 1.807) is 24.3 Å². The zero-order valence-electron chi connectivity index (χ0n) is 15.4. The van der Waals surface area contributed by atoms with Gasteiger partial charge in [0, 0.05) is 17.7 Å². The first-order chi connectivity index (χ1) is 12.9. The van der Waals surface area contributed by atoms with Crippen molar-refractivity contribution in [1.82, 2.24) is 10.2 Å². The monoisotopic (exact) mass is 406 g/mol. The van der Waals surface area contributed by atoms with E-state index in [4.69, 9.17) is 0 Å². The second-order valence-corrected chi connectivity index (χ2v) is 8.24. The third-order valence-electron chi connectivity index (χ3n) is 3.60. The number of amides is 2. The molecule has 1 aromatic heterocycles. The average Bonchev–Trinajstić information content (AvgIpc) is 3.07. The summed E-state index contributed by atoms with van der Waals surface area (Å²) >= 11 is 2.56. The maximum atomic E-state index is 12.5. The number of Topliss-reactive ketones (excluding diaryl/α,β-unsaturated/α-hetero) is 1. The van der Waals surface area contributed by atoms with Gasteiger partial charge in [0.2, 0.25) is 16.9 Å². The highest BCUT2D eigenvalue weighted by molar-refractivity contribution is 8.02. The van der Waals surface area contributed by atoms with Gasteiger partial charge in [0.15, 0.2) is 10.1 Å². The molecule has 0 aliphatic rings. The normalized spacial score (nSPS) is 11.7. The molecule has 7 nitrogen and oxygen atoms in total. The largest absolute Gasteiger partial charge is 0.325 e. The number of nitrogens with one attached hydrogen (secondary N) is 2. The molecule has 144 valence electrons. The number of nitrogens with zero attached hydrogens (tertiary/aromatic N) is 2. The first-order valence-corrected chi connectivity index (χ1v) is 10.3. The lowest BCUT2D eigenvalue weighted by Gasteiger charge is -2.13. The highest BCUT2D eigenvalue weighted by Gasteiger charge is 2.21. The Labute approximate surface area is 166 Å². The van der Waals surface area contributed by atoms with Gasteiger partial charge in [-0.15, -0.1) is 10.2 Å². The van der Waals surface area contributed by atoms with E-state index in [1.807, 2.05) is 13.8 Å². The lowest BCUT2D eigenvalue weighted by Crippen LogP contribution is -2.24. The van der Waals surface area contributed by atoms with Crippen molar-refractivity contribution in [2.24, 2.45) is 0 Å². The lowest BCUT2D eigenvalue weighted by molar-refractivity contribution is -0.116. The van der Waals surface area contributed by atoms with Crippen LogP contribution in [-0.2, 0) is 9.59 Å². The lowest BCUT2D eigenvalue weighted by atomic mass is 10.1. The number of rotatable bonds is 9. The van der Waals surface area contributed by atoms with Crippen molar-refractivity contribution >= 4 is 51.5 Å². The van der Waals surface area contributed by atoms with Gasteiger partial charge in [-0.1, -0.05) is 36.9 Å². The van der Waals surface area contributed by atoms with E-state index in [-0.39, 0.29) is 22.8 Å². The maximum absolute atomic E-state index is 12.5. The van der Waals surface area contributed by atoms with Gasteiger partial charge in [-0.05, 0) is 44.0 Å². The highest BCUT2D eigenvalue weighted by atomic mass is 32.2. The fourth-order valence-corrected chi connectivity index (χ4v) is 4.11. The van der Waals surface area contributed by atoms with Crippen LogP contribution in [0.25, 0.3) is 0 Å². The van der Waals surface area contributed by atoms with Crippen molar-refractivity contribution < 1.29 is 14.4 Å². The molecule has 0 fully saturated rings. The number of anilines is 2. The molecule has 0 radical (unpaired) electrons. The van der Waals surface area contributed by atoms with Crippen LogP contribution in [0.15, 0.2) is 28.6 Å². The van der Waals surface area contributed by atoms with Crippen LogP contribution in [0.2, 0.25) is 0 Å². The quantitative estimate of drug-likeness (QED) is 0.371. The molecule has 0 aliphatic carbocycles. The number of carbonyl (C=O) groups excluding carboxylic acids is 3. The van der Waals surface area contributed by atoms with Gasteiger partial charge in [-0.3, -0.25) is 14.4 Å². The molecule has 9 heteroatoms. The fourth-order valence-electron chi connectivity index (χ4n) is 2.17. The van der Waals surface area contributed by atoms with E-state index in [2.05, 4.69) is 20.8 Å². The minimum atomic E-state index is -0.343. The zero-order valence-corrected chi connectivity index (χ0v) is 17.1. The van der Waals surface area contributed by atoms with E-state index in [1.165, 1.54) is 30.0 Å². The number of aromatic nitrogens is 2. The highest BCUT2D eigenvalue weighted by Crippen LogP contribution is 2.31. The average molecular weight is 407 g/mol. The van der Waals surface area contributed by atoms with Crippen molar-refractivity contribution in [2.75, 3.05) is 10.6 Å². The van der Waals surface area contributed by atoms with Crippen molar-refractivity contribution in [3.8, 4) is 0 Å². The third kappa shape index (κ3) is 6.44. The standard InChI is InChI=1S/C18H22N4O3S2/c1-4-6-15(24)20-17-21-22-18(27-17)26-14(5-2)16(25)19-13-9-7-12(8-10-13)11(3)23/h7-10,14H,4-6H2,1-3H3,(H,19,25)(H,20,21,24). The van der Waals surface area contributed by atoms with Crippen molar-refractivity contribution in [3.63, 3.8) is 0 Å². The molecule has 0 spiro atoms. The molecular formula is C18H22N4O3S2. The predicted molar refractivity (Wildman–Crippen MR) is 108 cm³/mol. The molecule has 2 aromatic rings. The molecule has 0 saturated carbocycles. The fraction of sp³-hybridized carbons (Fsp3) is 0.389. The summed E-state index contributed by atoms with van der Waals surface area (Å²) in [4.78, 5) is 35.5. The van der Waals surface area contributed by atoms with Gasteiger partial charge < -0.3 is 10.6 Å². The van der Waals surface area contributed by atoms with Crippen LogP contribution in [-0.4, -0.2) is 33.0 Å². The Morgan fingerprint density at radius 1 is 1.11 bits per heavy atom. The smallest absolute Gasteiger partial charge is 0.237 e. The van der Waals surface area contributed by atoms with Gasteiger partial charge in [-0.2, -0.15) is 0 Å². The molecule has 0 aliphatic heterocycles. The second-order valence-electron chi connectivity index (χ2n) is 5.81. The van der Waals surface area contributed by atoms with Crippen LogP contribution < -0.4 is 10.6 Å². The third-order valence-corrected chi connectivity index (χ3v) is 5.88. The van der Waals surface area contributed by atoms with Crippen LogP contribution in [0, 0.1) is 0 Å². The topological polar surface area (TPSA) is 101 Å². The van der Waals surface area contributed by atoms with Crippen molar-refractivity contribution in [2.45, 2.75) is 49.6 Å². The molecule has 2 amide bonds. The molecule has 27 heavy (non-hydrogen) atoms. The molecule has 1 heterocycles. The SMILES string of the molecule is CCCC(=O)Nc1nnc(SC(CC)C(=O)Nc2ccc(C(C)=O)cc2)s1. The first kappa shape index (κ1) is 21.0. The number of carbonyl (C=O) groups is 3. The Morgan fingerprint density at radius 3 is 2.41 bits per heavy atom. The number of ketones is 1. The van der Waals surface area contributed by atoms with E-state index >= 15 is 0 Å². The second kappa shape index (κ2) is 10.2. The molecule has 1 atom stereocenters. The van der Waals surface area contributed by atoms with E-state index in [0.717, 1.165) is 6.42 Å². The summed E-state index contributed by atoms with van der Waals surface area (Å²) in [7, 11) is 0. The molecular weight excluding hydrogens is 384 g/mol. The van der Waals surface area contributed by atoms with Gasteiger partial charge in [0.1, 0.15) is 0 Å². The van der Waals surface area contributed by atoms with Crippen LogP contribution >= 0.6 is 23.1 Å². The molecule has 0 saturated heterocycles. The molecule has 2 N–H and O–H groups in total. The number of hydrogen-bond acceptors (Lipinski definition) is 7. The van der Waals surface area contributed by atoms with Gasteiger partial charge in [-0.25, -0.2) is 0 Å². The van der Waals surface area contributed by atoms with Gasteiger partial charge in [0.05, 0.1) is 5.25 Å². The van der Waals surface area contributed by atoms with Crippen LogP contribution in [0.3, 0.4) is 0 Å². The molecule has 0 bridgehead atoms. The van der Waals surface area contributed by atoms with Crippen LogP contribution in [0.4, 0.5) is 10.8 Å². The van der Waals surface area contributed by atoms with E-state index < -0.39 is 0 Å². The summed E-state index contributed by atoms with van der Waals surface area (Å²) in [5.41, 5.74) is 1.23. The summed E-state index contributed by atoms with van der Waals surface area (Å²) in [6.45, 7) is 5.35. The van der Waals surface area contributed by atoms with Crippen LogP contribution in [0.5, 0.6) is 0 Å². The van der Waals surface area contributed by atoms with Crippen molar-refractivity contribution in [3.05, 3.63) is 29.8 Å². The minimum absolute atomic E-state index is 0.0204. The summed E-state index contributed by atoms with van der Waals surface area (Å²) < 4.78 is 0.621. The zero-order chi connectivity index (χ0) is 19.8.